The summed E-state index contributed by atoms with van der Waals surface area (Å²) in [5, 5.41) is 11.7. The van der Waals surface area contributed by atoms with Crippen LogP contribution >= 0.6 is 0 Å². The Labute approximate surface area is 218 Å². The molecule has 0 N–H and O–H groups in total. The SMILES string of the molecule is C[C@@H](CO[Si](c1ccccc1)(c1ccccc1)C(C)(C)C)C[C@H](CC#N)CS(=O)(=O)c1ccccc1. The summed E-state index contributed by atoms with van der Waals surface area (Å²) in [5.41, 5.74) is 0. The van der Waals surface area contributed by atoms with Gasteiger partial charge in [-0.1, -0.05) is 107 Å². The van der Waals surface area contributed by atoms with Gasteiger partial charge in [-0.05, 0) is 45.8 Å². The van der Waals surface area contributed by atoms with E-state index >= 15 is 0 Å². The van der Waals surface area contributed by atoms with Gasteiger partial charge < -0.3 is 4.43 Å². The van der Waals surface area contributed by atoms with E-state index in [1.807, 2.05) is 12.1 Å². The zero-order valence-corrected chi connectivity index (χ0v) is 23.5. The van der Waals surface area contributed by atoms with E-state index in [2.05, 4.69) is 82.3 Å². The molecule has 2 atom stereocenters. The van der Waals surface area contributed by atoms with Crippen molar-refractivity contribution in [2.75, 3.05) is 12.4 Å². The first-order valence-corrected chi connectivity index (χ1v) is 16.1. The molecule has 0 heterocycles. The average molecular weight is 520 g/mol. The van der Waals surface area contributed by atoms with Crippen molar-refractivity contribution in [3.05, 3.63) is 91.0 Å². The fourth-order valence-electron chi connectivity index (χ4n) is 5.04. The lowest BCUT2D eigenvalue weighted by atomic mass is 9.96. The Balaban J connectivity index is 1.84. The molecule has 0 saturated heterocycles. The molecule has 190 valence electrons. The van der Waals surface area contributed by atoms with Crippen LogP contribution in [0, 0.1) is 23.2 Å². The van der Waals surface area contributed by atoms with Crippen molar-refractivity contribution in [1.82, 2.24) is 0 Å². The van der Waals surface area contributed by atoms with E-state index in [1.54, 1.807) is 30.3 Å². The minimum Gasteiger partial charge on any atom is -0.407 e. The highest BCUT2D eigenvalue weighted by molar-refractivity contribution is 7.91. The number of benzene rings is 3. The van der Waals surface area contributed by atoms with Crippen LogP contribution in [0.3, 0.4) is 0 Å². The lowest BCUT2D eigenvalue weighted by Crippen LogP contribution is -2.66. The van der Waals surface area contributed by atoms with Gasteiger partial charge >= 0.3 is 0 Å². The second-order valence-electron chi connectivity index (χ2n) is 10.6. The minimum absolute atomic E-state index is 0.0336. The molecule has 3 aromatic carbocycles. The Morgan fingerprint density at radius 1 is 0.861 bits per heavy atom. The van der Waals surface area contributed by atoms with E-state index in [4.69, 9.17) is 4.43 Å². The second-order valence-corrected chi connectivity index (χ2v) is 17.0. The van der Waals surface area contributed by atoms with E-state index in [1.165, 1.54) is 10.4 Å². The summed E-state index contributed by atoms with van der Waals surface area (Å²) in [6, 6.07) is 31.7. The van der Waals surface area contributed by atoms with E-state index in [0.717, 1.165) is 0 Å². The van der Waals surface area contributed by atoms with Gasteiger partial charge in [0.05, 0.1) is 16.7 Å². The fourth-order valence-corrected chi connectivity index (χ4v) is 11.4. The van der Waals surface area contributed by atoms with Gasteiger partial charge in [0.2, 0.25) is 0 Å². The first kappa shape index (κ1) is 27.9. The summed E-state index contributed by atoms with van der Waals surface area (Å²) in [5.74, 6) is -0.192. The molecule has 6 heteroatoms. The molecule has 3 aromatic rings. The first-order valence-electron chi connectivity index (χ1n) is 12.5. The maximum atomic E-state index is 13.0. The lowest BCUT2D eigenvalue weighted by Gasteiger charge is -2.43. The van der Waals surface area contributed by atoms with E-state index < -0.39 is 18.2 Å². The molecular formula is C30H37NO3SSi. The molecule has 0 bridgehead atoms. The minimum atomic E-state index is -3.46. The molecule has 36 heavy (non-hydrogen) atoms. The quantitative estimate of drug-likeness (QED) is 0.310. The van der Waals surface area contributed by atoms with Crippen molar-refractivity contribution in [3.63, 3.8) is 0 Å². The average Bonchev–Trinajstić information content (AvgIpc) is 2.85. The topological polar surface area (TPSA) is 67.2 Å². The van der Waals surface area contributed by atoms with Gasteiger partial charge in [-0.15, -0.1) is 0 Å². The molecule has 0 aromatic heterocycles. The van der Waals surface area contributed by atoms with Crippen molar-refractivity contribution in [1.29, 1.82) is 5.26 Å². The molecule has 0 radical (unpaired) electrons. The van der Waals surface area contributed by atoms with Crippen LogP contribution in [0.5, 0.6) is 0 Å². The van der Waals surface area contributed by atoms with Crippen LogP contribution in [-0.4, -0.2) is 29.1 Å². The molecule has 0 saturated carbocycles. The number of hydrogen-bond acceptors (Lipinski definition) is 4. The summed E-state index contributed by atoms with van der Waals surface area (Å²) < 4.78 is 33.0. The van der Waals surface area contributed by atoms with E-state index in [-0.39, 0.29) is 29.0 Å². The molecular weight excluding hydrogens is 482 g/mol. The lowest BCUT2D eigenvalue weighted by molar-refractivity contribution is 0.224. The molecule has 4 nitrogen and oxygen atoms in total. The van der Waals surface area contributed by atoms with Gasteiger partial charge in [0.1, 0.15) is 0 Å². The largest absolute Gasteiger partial charge is 0.407 e. The third kappa shape index (κ3) is 6.53. The van der Waals surface area contributed by atoms with Gasteiger partial charge in [0, 0.05) is 13.0 Å². The molecule has 0 fully saturated rings. The van der Waals surface area contributed by atoms with Gasteiger partial charge in [0.15, 0.2) is 9.84 Å². The van der Waals surface area contributed by atoms with Crippen LogP contribution in [0.2, 0.25) is 5.04 Å². The summed E-state index contributed by atoms with van der Waals surface area (Å²) in [6.45, 7) is 9.33. The van der Waals surface area contributed by atoms with Crippen LogP contribution in [0.1, 0.15) is 40.5 Å². The third-order valence-corrected chi connectivity index (χ3v) is 13.6. The molecule has 0 aliphatic rings. The highest BCUT2D eigenvalue weighted by Crippen LogP contribution is 2.37. The summed E-state index contributed by atoms with van der Waals surface area (Å²) in [7, 11) is -6.13. The molecule has 3 rings (SSSR count). The van der Waals surface area contributed by atoms with Crippen molar-refractivity contribution in [3.8, 4) is 6.07 Å². The van der Waals surface area contributed by atoms with Crippen molar-refractivity contribution >= 4 is 28.5 Å². The standard InChI is InChI=1S/C30H37NO3SSi/c1-25(22-26(20-21-31)24-35(32,33)27-14-8-5-9-15-27)23-34-36(30(2,3)4,28-16-10-6-11-17-28)29-18-12-7-13-19-29/h5-19,25-26H,20,22-24H2,1-4H3/t25-,26+/m1/s1. The molecule has 0 unspecified atom stereocenters. The number of nitriles is 1. The highest BCUT2D eigenvalue weighted by Gasteiger charge is 2.50. The van der Waals surface area contributed by atoms with Crippen molar-refractivity contribution in [2.24, 2.45) is 11.8 Å². The molecule has 0 aliphatic carbocycles. The van der Waals surface area contributed by atoms with Crippen LogP contribution < -0.4 is 10.4 Å². The normalized spacial score (nSPS) is 14.1. The predicted molar refractivity (Wildman–Crippen MR) is 150 cm³/mol. The van der Waals surface area contributed by atoms with E-state index in [0.29, 0.717) is 17.9 Å². The maximum Gasteiger partial charge on any atom is 0.261 e. The van der Waals surface area contributed by atoms with Crippen LogP contribution in [0.15, 0.2) is 95.9 Å². The Bertz CT molecular complexity index is 1190. The zero-order valence-electron chi connectivity index (χ0n) is 21.7. The van der Waals surface area contributed by atoms with Crippen LogP contribution in [0.4, 0.5) is 0 Å². The number of hydrogen-bond donors (Lipinski definition) is 0. The molecule has 0 aliphatic heterocycles. The van der Waals surface area contributed by atoms with Gasteiger partial charge in [0.25, 0.3) is 8.32 Å². The summed E-state index contributed by atoms with van der Waals surface area (Å²) in [6.07, 6.45) is 0.813. The van der Waals surface area contributed by atoms with Crippen LogP contribution in [-0.2, 0) is 14.3 Å². The predicted octanol–water partition coefficient (Wildman–Crippen LogP) is 5.59. The zero-order chi connectivity index (χ0) is 26.2. The van der Waals surface area contributed by atoms with Gasteiger partial charge in [-0.25, -0.2) is 8.42 Å². The Morgan fingerprint density at radius 2 is 1.33 bits per heavy atom. The summed E-state index contributed by atoms with van der Waals surface area (Å²) >= 11 is 0. The third-order valence-electron chi connectivity index (χ3n) is 6.67. The van der Waals surface area contributed by atoms with Crippen LogP contribution in [0.25, 0.3) is 0 Å². The molecule has 0 spiro atoms. The van der Waals surface area contributed by atoms with Gasteiger partial charge in [-0.3, -0.25) is 0 Å². The molecule has 0 amide bonds. The van der Waals surface area contributed by atoms with Crippen molar-refractivity contribution in [2.45, 2.75) is 50.5 Å². The number of sulfone groups is 1. The highest BCUT2D eigenvalue weighted by atomic mass is 32.2. The number of rotatable bonds is 11. The fraction of sp³-hybridized carbons (Fsp3) is 0.367. The first-order chi connectivity index (χ1) is 17.1. The monoisotopic (exact) mass is 519 g/mol. The van der Waals surface area contributed by atoms with E-state index in [9.17, 15) is 13.7 Å². The number of nitrogens with zero attached hydrogens (tertiary/aromatic N) is 1. The Hall–Kier alpha value is -2.72. The Morgan fingerprint density at radius 3 is 1.78 bits per heavy atom. The van der Waals surface area contributed by atoms with Gasteiger partial charge in [-0.2, -0.15) is 5.26 Å². The summed E-state index contributed by atoms with van der Waals surface area (Å²) in [4.78, 5) is 0.309. The maximum absolute atomic E-state index is 13.0. The van der Waals surface area contributed by atoms with Crippen molar-refractivity contribution < 1.29 is 12.8 Å². The second kappa shape index (κ2) is 12.0. The smallest absolute Gasteiger partial charge is 0.261 e. The Kier molecular flexibility index (Phi) is 9.29.